The molecule has 0 radical (unpaired) electrons. The highest BCUT2D eigenvalue weighted by Crippen LogP contribution is 2.38. The molecule has 6 aromatic carbocycles. The number of carboxylic acid groups (broad SMARTS) is 2. The first-order valence-corrected chi connectivity index (χ1v) is 36.6. The van der Waals surface area contributed by atoms with Crippen LogP contribution in [0.15, 0.2) is 278 Å². The normalized spacial score (nSPS) is 13.9. The summed E-state index contributed by atoms with van der Waals surface area (Å²) in [5.41, 5.74) is 7.53. The molecule has 0 aliphatic heterocycles. The van der Waals surface area contributed by atoms with Crippen molar-refractivity contribution < 1.29 is 91.0 Å². The predicted molar refractivity (Wildman–Crippen MR) is 389 cm³/mol. The zero-order valence-electron chi connectivity index (χ0n) is 55.2. The number of hydrogen-bond donors (Lipinski definition) is 12. The van der Waals surface area contributed by atoms with Gasteiger partial charge in [-0.2, -0.15) is 58.8 Å². The Hall–Kier alpha value is -13.7. The first kappa shape index (κ1) is 74.0. The smallest absolute Gasteiger partial charge is 0.407 e. The second-order valence-corrected chi connectivity index (χ2v) is 28.4. The summed E-state index contributed by atoms with van der Waals surface area (Å²) in [7, 11) is -19.7. The van der Waals surface area contributed by atoms with Gasteiger partial charge in [-0.25, -0.2) is 38.7 Å². The van der Waals surface area contributed by atoms with Crippen molar-refractivity contribution in [2.24, 2.45) is 40.2 Å². The van der Waals surface area contributed by atoms with Crippen LogP contribution in [0.1, 0.15) is 34.6 Å². The molecular weight excluding hydrogens is 1490 g/mol. The summed E-state index contributed by atoms with van der Waals surface area (Å²) >= 11 is 0. The number of pyridine rings is 2. The Balaban J connectivity index is 0.801. The van der Waals surface area contributed by atoms with Crippen molar-refractivity contribution in [1.29, 1.82) is 0 Å². The minimum Gasteiger partial charge on any atom is -0.497 e. The molecule has 2 aliphatic carbocycles. The van der Waals surface area contributed by atoms with E-state index in [1.807, 2.05) is 12.2 Å². The van der Waals surface area contributed by atoms with Crippen molar-refractivity contribution in [2.45, 2.75) is 33.4 Å². The molecule has 0 spiro atoms. The number of aliphatic imine (C=N–C) groups is 4. The van der Waals surface area contributed by atoms with Gasteiger partial charge in [0.25, 0.3) is 51.7 Å². The Morgan fingerprint density at radius 2 is 0.889 bits per heavy atom. The molecule has 108 heavy (non-hydrogen) atoms. The topological polar surface area (TPSA) is 546 Å². The fraction of sp³-hybridized carbons (Fsp3) is 0.0294. The van der Waals surface area contributed by atoms with Crippen LogP contribution in [0.5, 0.6) is 0 Å². The minimum absolute atomic E-state index is 0.0238. The third kappa shape index (κ3) is 17.9. The summed E-state index contributed by atoms with van der Waals surface area (Å²) in [5, 5.41) is 47.5. The monoisotopic (exact) mass is 1540 g/mol. The molecule has 0 saturated heterocycles. The number of nitrogens with one attached hydrogen (secondary N) is 4. The molecule has 0 bridgehead atoms. The number of H-pyrrole nitrogens is 2. The molecule has 544 valence electrons. The average Bonchev–Trinajstić information content (AvgIpc) is 0.767. The van der Waals surface area contributed by atoms with Crippen molar-refractivity contribution in [1.82, 2.24) is 29.9 Å². The number of hydrazine groups is 1. The van der Waals surface area contributed by atoms with Gasteiger partial charge in [0.05, 0.1) is 87.1 Å². The van der Waals surface area contributed by atoms with Crippen LogP contribution in [0, 0.1) is 0 Å². The Bertz CT molecular complexity index is 6480. The lowest BCUT2D eigenvalue weighted by molar-refractivity contribution is -0.604. The number of azo groups is 1. The van der Waals surface area contributed by atoms with Gasteiger partial charge in [0.2, 0.25) is 0 Å². The number of nitrogens with zero attached hydrogens (tertiary/aromatic N) is 14. The summed E-state index contributed by atoms with van der Waals surface area (Å²) < 4.78 is 142. The van der Waals surface area contributed by atoms with Crippen molar-refractivity contribution in [3.05, 3.63) is 240 Å². The summed E-state index contributed by atoms with van der Waals surface area (Å²) in [6, 6.07) is 25.5. The molecule has 0 saturated carbocycles. The number of aliphatic hydroxyl groups is 2. The number of fused-ring (bicyclic) bond motifs is 2. The number of aliphatic hydroxyl groups excluding tert-OH is 2. The molecule has 10 aromatic rings. The molecule has 12 rings (SSSR count). The number of aromatic nitrogens is 8. The average molecular weight is 1540 g/mol. The zero-order valence-corrected chi connectivity index (χ0v) is 58.5. The third-order valence-electron chi connectivity index (χ3n) is 15.1. The summed E-state index contributed by atoms with van der Waals surface area (Å²) in [5.74, 6) is -3.48. The van der Waals surface area contributed by atoms with Crippen LogP contribution in [0.3, 0.4) is 0 Å². The highest BCUT2D eigenvalue weighted by molar-refractivity contribution is 7.87. The van der Waals surface area contributed by atoms with Crippen LogP contribution in [-0.2, 0) is 40.5 Å². The standard InChI is InChI=1S/C68H50N18O18S4/c1-37(87)69-55-31-45(23-25-53(55)83-81-47-29-51-49(59(33-47)107(99,100)101)9-3-11-57(51)105(93,94)95)73-65-75-63(77-67(79-65)85-27-5-7-41(35-85)61(89)90)71-43-19-15-39(16-20-43)13-14-40-17-21-44(22-18-40)72-64-76-66(80-68(78-64)86-28-6-8-42(36-86)62(91)92)74-46-24-26-54(56(32-46)70-38(2)88)84-82-48-30-52-50(60(34-48)108(102,103)104)10-4-12-58(52)106(96,97)98/h3-36H,1-2H3,(H10-2,69,70,71,72,73,74,75,76,77,78,79,80,81,82,83,84,87,88,89,90,91,92,93,94,95,96,97,98,99,100,101,102,103,104)/p+2. The second-order valence-electron chi connectivity index (χ2n) is 22.8. The number of allylic oxidation sites excluding steroid dienone is 12. The van der Waals surface area contributed by atoms with Gasteiger partial charge in [0.1, 0.15) is 25.3 Å². The molecule has 0 unspecified atom stereocenters. The lowest BCUT2D eigenvalue weighted by Gasteiger charge is -2.15. The molecule has 4 heterocycles. The quantitative estimate of drug-likeness (QED) is 0.00843. The first-order chi connectivity index (χ1) is 51.2. The van der Waals surface area contributed by atoms with Crippen molar-refractivity contribution >= 4 is 155 Å². The van der Waals surface area contributed by atoms with Crippen molar-refractivity contribution in [3.8, 4) is 11.9 Å². The van der Waals surface area contributed by atoms with Crippen LogP contribution in [-0.4, -0.2) is 137 Å². The molecule has 4 aromatic heterocycles. The van der Waals surface area contributed by atoms with Crippen LogP contribution in [0.4, 0.5) is 57.4 Å². The van der Waals surface area contributed by atoms with Gasteiger partial charge in [-0.1, -0.05) is 60.7 Å². The van der Waals surface area contributed by atoms with E-state index in [1.54, 1.807) is 48.6 Å². The summed E-state index contributed by atoms with van der Waals surface area (Å²) in [6.07, 6.45) is 23.1. The van der Waals surface area contributed by atoms with Gasteiger partial charge in [-0.15, -0.1) is 15.1 Å². The van der Waals surface area contributed by atoms with E-state index in [0.717, 1.165) is 41.5 Å². The van der Waals surface area contributed by atoms with E-state index in [9.17, 15) is 81.9 Å². The molecule has 0 atom stereocenters. The largest absolute Gasteiger partial charge is 0.497 e. The number of carbonyl (C=O) groups is 2. The molecular formula is C68H52N18O18S4+2. The number of aromatic carboxylic acids is 2. The number of benzene rings is 6. The van der Waals surface area contributed by atoms with Gasteiger partial charge in [-0.3, -0.25) is 23.6 Å². The van der Waals surface area contributed by atoms with Gasteiger partial charge < -0.3 is 25.9 Å². The molecule has 0 amide bonds. The lowest BCUT2D eigenvalue weighted by Crippen LogP contribution is -2.36. The SMILES string of the molecule is CC(O)=Nc1cc(N=c2nc(N=C3C=CC(=CC=C4C=CC(=Nc5nc(-[n+]6cccc(C(=O)O)c6)[nH]c(=Nc6ccc(NNc7cc(S(=O)(=O)O)c8cccc(S(=O)(=O)O)c8c7)c(N=C(C)O)c6)n5)C=C4)C=C3)nc(-[n+]3cccc(C(=O)O)c3)[nH]2)ccc1N=Nc1cc(S(=O)(=O)O)c2cccc(S(=O)(=O)O)c2c1. The number of anilines is 2. The van der Waals surface area contributed by atoms with Crippen molar-refractivity contribution in [3.63, 3.8) is 0 Å². The number of hydrogen-bond acceptors (Lipinski definition) is 24. The fourth-order valence-corrected chi connectivity index (χ4v) is 13.3. The van der Waals surface area contributed by atoms with E-state index in [-0.39, 0.29) is 113 Å². The molecule has 36 nitrogen and oxygen atoms in total. The van der Waals surface area contributed by atoms with E-state index >= 15 is 0 Å². The number of carboxylic acids is 2. The maximum Gasteiger partial charge on any atom is 0.407 e. The van der Waals surface area contributed by atoms with E-state index in [0.29, 0.717) is 11.4 Å². The third-order valence-corrected chi connectivity index (χ3v) is 18.7. The molecule has 40 heteroatoms. The summed E-state index contributed by atoms with van der Waals surface area (Å²) in [4.78, 5) is 72.2. The van der Waals surface area contributed by atoms with E-state index in [2.05, 4.69) is 80.9 Å². The van der Waals surface area contributed by atoms with Crippen LogP contribution in [0.25, 0.3) is 33.4 Å². The minimum atomic E-state index is -4.99. The van der Waals surface area contributed by atoms with E-state index < -0.39 is 83.8 Å². The molecule has 12 N–H and O–H groups in total. The van der Waals surface area contributed by atoms with Gasteiger partial charge >= 0.3 is 35.7 Å². The Kier molecular flexibility index (Phi) is 20.7. The number of aromatic amines is 2. The van der Waals surface area contributed by atoms with E-state index in [1.165, 1.54) is 139 Å². The number of rotatable bonds is 20. The van der Waals surface area contributed by atoms with Crippen LogP contribution >= 0.6 is 0 Å². The maximum atomic E-state index is 12.5. The Labute approximate surface area is 608 Å². The lowest BCUT2D eigenvalue weighted by atomic mass is 10.0. The van der Waals surface area contributed by atoms with Gasteiger partial charge in [0, 0.05) is 35.4 Å². The zero-order chi connectivity index (χ0) is 77.0. The Morgan fingerprint density at radius 3 is 1.36 bits per heavy atom. The second kappa shape index (κ2) is 30.2. The maximum absolute atomic E-state index is 12.5. The van der Waals surface area contributed by atoms with Crippen molar-refractivity contribution in [2.75, 3.05) is 10.9 Å². The summed E-state index contributed by atoms with van der Waals surface area (Å²) in [6.45, 7) is 2.55. The predicted octanol–water partition coefficient (Wildman–Crippen LogP) is 9.65. The highest BCUT2D eigenvalue weighted by atomic mass is 32.2. The Morgan fingerprint density at radius 1 is 0.435 bits per heavy atom. The van der Waals surface area contributed by atoms with Crippen LogP contribution < -0.4 is 31.2 Å². The highest BCUT2D eigenvalue weighted by Gasteiger charge is 2.25. The first-order valence-electron chi connectivity index (χ1n) is 30.8. The fourth-order valence-electron chi connectivity index (χ4n) is 10.4. The molecule has 2 aliphatic rings. The van der Waals surface area contributed by atoms with Crippen LogP contribution in [0.2, 0.25) is 0 Å². The van der Waals surface area contributed by atoms with E-state index in [4.69, 9.17) is 0 Å². The van der Waals surface area contributed by atoms with Gasteiger partial charge in [-0.05, 0) is 142 Å². The molecule has 0 fully saturated rings. The van der Waals surface area contributed by atoms with Gasteiger partial charge in [0.15, 0.2) is 11.8 Å².